The zero-order valence-electron chi connectivity index (χ0n) is 6.77. The number of hydrogen-bond donors (Lipinski definition) is 0. The quantitative estimate of drug-likeness (QED) is 0.538. The van der Waals surface area contributed by atoms with Gasteiger partial charge >= 0.3 is 0 Å². The Morgan fingerprint density at radius 3 is 2.60 bits per heavy atom. The minimum atomic E-state index is 1.23. The molecule has 3 heteroatoms. The lowest BCUT2D eigenvalue weighted by atomic mass is 10.4. The van der Waals surface area contributed by atoms with Gasteiger partial charge in [-0.05, 0) is 26.3 Å². The van der Waals surface area contributed by atoms with Crippen LogP contribution in [0.1, 0.15) is 6.42 Å². The monoisotopic (exact) mass is 273 g/mol. The van der Waals surface area contributed by atoms with Gasteiger partial charge in [-0.25, -0.2) is 0 Å². The SMILES string of the molecule is CSCCN(C)CCCI. The van der Waals surface area contributed by atoms with Crippen LogP contribution < -0.4 is 0 Å². The Morgan fingerprint density at radius 2 is 2.10 bits per heavy atom. The highest BCUT2D eigenvalue weighted by Crippen LogP contribution is 1.95. The summed E-state index contributed by atoms with van der Waals surface area (Å²) < 4.78 is 1.28. The minimum absolute atomic E-state index is 1.23. The maximum atomic E-state index is 2.43. The van der Waals surface area contributed by atoms with E-state index >= 15 is 0 Å². The molecule has 0 saturated heterocycles. The molecule has 0 atom stereocenters. The highest BCUT2D eigenvalue weighted by Gasteiger charge is 1.94. The highest BCUT2D eigenvalue weighted by molar-refractivity contribution is 14.1. The molecular formula is C7H16INS. The first-order valence-corrected chi connectivity index (χ1v) is 6.46. The molecule has 0 rings (SSSR count). The van der Waals surface area contributed by atoms with E-state index in [2.05, 4.69) is 40.8 Å². The van der Waals surface area contributed by atoms with Crippen molar-refractivity contribution in [2.45, 2.75) is 6.42 Å². The number of alkyl halides is 1. The lowest BCUT2D eigenvalue weighted by Crippen LogP contribution is -2.22. The molecule has 0 aliphatic carbocycles. The van der Waals surface area contributed by atoms with Crippen molar-refractivity contribution < 1.29 is 0 Å². The molecule has 0 fully saturated rings. The molecule has 0 unspecified atom stereocenters. The normalized spacial score (nSPS) is 10.8. The summed E-state index contributed by atoms with van der Waals surface area (Å²) in [5.41, 5.74) is 0. The van der Waals surface area contributed by atoms with Gasteiger partial charge in [0.15, 0.2) is 0 Å². The zero-order chi connectivity index (χ0) is 7.82. The van der Waals surface area contributed by atoms with Gasteiger partial charge in [-0.15, -0.1) is 0 Å². The van der Waals surface area contributed by atoms with Crippen molar-refractivity contribution in [1.29, 1.82) is 0 Å². The fraction of sp³-hybridized carbons (Fsp3) is 1.00. The summed E-state index contributed by atoms with van der Waals surface area (Å²) in [6.45, 7) is 2.49. The van der Waals surface area contributed by atoms with E-state index in [0.29, 0.717) is 0 Å². The molecule has 10 heavy (non-hydrogen) atoms. The third-order valence-electron chi connectivity index (χ3n) is 1.35. The Labute approximate surface area is 82.1 Å². The average Bonchev–Trinajstić information content (AvgIpc) is 1.97. The lowest BCUT2D eigenvalue weighted by Gasteiger charge is -2.14. The van der Waals surface area contributed by atoms with E-state index in [9.17, 15) is 0 Å². The third-order valence-corrected chi connectivity index (χ3v) is 2.70. The van der Waals surface area contributed by atoms with Crippen molar-refractivity contribution in [3.05, 3.63) is 0 Å². The van der Waals surface area contributed by atoms with E-state index in [1.807, 2.05) is 11.8 Å². The van der Waals surface area contributed by atoms with Gasteiger partial charge in [0.1, 0.15) is 0 Å². The average molecular weight is 273 g/mol. The van der Waals surface area contributed by atoms with Crippen molar-refractivity contribution in [2.75, 3.05) is 36.6 Å². The smallest absolute Gasteiger partial charge is 0.00692 e. The Morgan fingerprint density at radius 1 is 1.40 bits per heavy atom. The Bertz CT molecular complexity index is 62.6. The first-order chi connectivity index (χ1) is 4.81. The van der Waals surface area contributed by atoms with Crippen molar-refractivity contribution in [1.82, 2.24) is 4.90 Å². The number of hydrogen-bond acceptors (Lipinski definition) is 2. The summed E-state index contributed by atoms with van der Waals surface area (Å²) >= 11 is 4.35. The van der Waals surface area contributed by atoms with Gasteiger partial charge in [0, 0.05) is 16.7 Å². The number of halogens is 1. The fourth-order valence-corrected chi connectivity index (χ4v) is 1.52. The molecule has 0 aromatic heterocycles. The first-order valence-electron chi connectivity index (χ1n) is 3.54. The van der Waals surface area contributed by atoms with Crippen LogP contribution in [0.2, 0.25) is 0 Å². The first kappa shape index (κ1) is 11.0. The summed E-state index contributed by atoms with van der Waals surface area (Å²) in [6.07, 6.45) is 3.48. The molecule has 0 heterocycles. The molecule has 0 aliphatic heterocycles. The molecule has 0 aliphatic rings. The van der Waals surface area contributed by atoms with Crippen molar-refractivity contribution >= 4 is 34.4 Å². The Kier molecular flexibility index (Phi) is 8.99. The van der Waals surface area contributed by atoms with Crippen molar-refractivity contribution in [2.24, 2.45) is 0 Å². The van der Waals surface area contributed by atoms with E-state index in [1.54, 1.807) is 0 Å². The van der Waals surface area contributed by atoms with Gasteiger partial charge < -0.3 is 4.90 Å². The second kappa shape index (κ2) is 8.14. The van der Waals surface area contributed by atoms with E-state index in [1.165, 1.54) is 29.7 Å². The van der Waals surface area contributed by atoms with Gasteiger partial charge in [0.05, 0.1) is 0 Å². The maximum absolute atomic E-state index is 2.43. The molecule has 0 bridgehead atoms. The van der Waals surface area contributed by atoms with Crippen LogP contribution in [0.15, 0.2) is 0 Å². The molecule has 0 spiro atoms. The van der Waals surface area contributed by atoms with Gasteiger partial charge in [0.2, 0.25) is 0 Å². The summed E-state index contributed by atoms with van der Waals surface area (Å²) in [7, 11) is 2.20. The van der Waals surface area contributed by atoms with Gasteiger partial charge in [0.25, 0.3) is 0 Å². The number of nitrogens with zero attached hydrogens (tertiary/aromatic N) is 1. The maximum Gasteiger partial charge on any atom is 0.00692 e. The molecule has 0 amide bonds. The molecule has 62 valence electrons. The molecule has 1 nitrogen and oxygen atoms in total. The van der Waals surface area contributed by atoms with E-state index in [4.69, 9.17) is 0 Å². The van der Waals surface area contributed by atoms with E-state index in [-0.39, 0.29) is 0 Å². The molecule has 0 aromatic rings. The van der Waals surface area contributed by atoms with Crippen molar-refractivity contribution in [3.63, 3.8) is 0 Å². The van der Waals surface area contributed by atoms with Crippen LogP contribution in [0.25, 0.3) is 0 Å². The van der Waals surface area contributed by atoms with Crippen LogP contribution in [0.3, 0.4) is 0 Å². The minimum Gasteiger partial charge on any atom is -0.306 e. The predicted molar refractivity (Wildman–Crippen MR) is 59.4 cm³/mol. The standard InChI is InChI=1S/C7H16INS/c1-9(5-3-4-8)6-7-10-2/h3-7H2,1-2H3. The summed E-state index contributed by atoms with van der Waals surface area (Å²) in [5.74, 6) is 1.26. The Hall–Kier alpha value is 1.04. The van der Waals surface area contributed by atoms with Gasteiger partial charge in [-0.2, -0.15) is 11.8 Å². The largest absolute Gasteiger partial charge is 0.306 e. The van der Waals surface area contributed by atoms with Crippen LogP contribution in [-0.2, 0) is 0 Å². The summed E-state index contributed by atoms with van der Waals surface area (Å²) in [4.78, 5) is 2.40. The molecule has 0 radical (unpaired) electrons. The molecular weight excluding hydrogens is 257 g/mol. The van der Waals surface area contributed by atoms with E-state index < -0.39 is 0 Å². The zero-order valence-corrected chi connectivity index (χ0v) is 9.74. The molecule has 0 aromatic carbocycles. The molecule has 0 saturated carbocycles. The highest BCUT2D eigenvalue weighted by atomic mass is 127. The summed E-state index contributed by atoms with van der Waals surface area (Å²) in [6, 6.07) is 0. The van der Waals surface area contributed by atoms with Crippen LogP contribution in [0.4, 0.5) is 0 Å². The third kappa shape index (κ3) is 7.15. The number of thioether (sulfide) groups is 1. The van der Waals surface area contributed by atoms with Crippen LogP contribution in [0, 0.1) is 0 Å². The van der Waals surface area contributed by atoms with E-state index in [0.717, 1.165) is 0 Å². The Balaban J connectivity index is 3.00. The second-order valence-corrected chi connectivity index (χ2v) is 4.40. The second-order valence-electron chi connectivity index (χ2n) is 2.34. The van der Waals surface area contributed by atoms with Crippen LogP contribution in [0.5, 0.6) is 0 Å². The fourth-order valence-electron chi connectivity index (χ4n) is 0.689. The molecule has 0 N–H and O–H groups in total. The van der Waals surface area contributed by atoms with Crippen molar-refractivity contribution in [3.8, 4) is 0 Å². The lowest BCUT2D eigenvalue weighted by molar-refractivity contribution is 0.358. The topological polar surface area (TPSA) is 3.24 Å². The van der Waals surface area contributed by atoms with Gasteiger partial charge in [-0.3, -0.25) is 0 Å². The van der Waals surface area contributed by atoms with Gasteiger partial charge in [-0.1, -0.05) is 22.6 Å². The van der Waals surface area contributed by atoms with Crippen LogP contribution >= 0.6 is 34.4 Å². The number of rotatable bonds is 6. The van der Waals surface area contributed by atoms with Crippen LogP contribution in [-0.4, -0.2) is 41.5 Å². The summed E-state index contributed by atoms with van der Waals surface area (Å²) in [5, 5.41) is 0. The predicted octanol–water partition coefficient (Wildman–Crippen LogP) is 2.11.